The minimum Gasteiger partial charge on any atom is -0.550 e. The largest absolute Gasteiger partial charge is 2.00 e. The molecule has 0 aliphatic heterocycles. The number of hydrogen-bond acceptors (Lipinski definition) is 6. The van der Waals surface area contributed by atoms with Crippen molar-refractivity contribution in [3.63, 3.8) is 0 Å². The molecule has 0 saturated carbocycles. The van der Waals surface area contributed by atoms with Gasteiger partial charge in [-0.05, 0) is 38.5 Å². The fourth-order valence-electron chi connectivity index (χ4n) is 11.2. The molecule has 0 atom stereocenters. The Morgan fingerprint density at radius 1 is 0.205 bits per heavy atom. The summed E-state index contributed by atoms with van der Waals surface area (Å²) in [5, 5.41) is 26.4. The van der Waals surface area contributed by atoms with Crippen LogP contribution in [0.5, 0.6) is 0 Å². The minimum atomic E-state index is -0.903. The van der Waals surface area contributed by atoms with Crippen molar-refractivity contribution in [2.24, 2.45) is 0 Å². The summed E-state index contributed by atoms with van der Waals surface area (Å²) in [5.41, 5.74) is 0. The van der Waals surface area contributed by atoms with Gasteiger partial charge in [0.25, 0.3) is 0 Å². The van der Waals surface area contributed by atoms with Gasteiger partial charge in [0.2, 0.25) is 11.8 Å². The topological polar surface area (TPSA) is 138 Å². The molecule has 83 heavy (non-hydrogen) atoms. The molecule has 0 rings (SSSR count). The van der Waals surface area contributed by atoms with E-state index in [1.165, 1.54) is 334 Å². The zero-order chi connectivity index (χ0) is 60.4. The predicted octanol–water partition coefficient (Wildman–Crippen LogP) is 21.7. The van der Waals surface area contributed by atoms with Crippen LogP contribution in [0.15, 0.2) is 0 Å². The third kappa shape index (κ3) is 91.8. The Hall–Kier alpha value is -1.50. The fourth-order valence-corrected chi connectivity index (χ4v) is 11.2. The molecule has 0 saturated heterocycles. The van der Waals surface area contributed by atoms with Crippen molar-refractivity contribution in [1.82, 2.24) is 10.6 Å². The van der Waals surface area contributed by atoms with Crippen LogP contribution in [0, 0.1) is 0 Å². The molecular weight excluding hydrogens is 1080 g/mol. The van der Waals surface area contributed by atoms with Gasteiger partial charge in [0, 0.05) is 37.9 Å². The van der Waals surface area contributed by atoms with E-state index in [9.17, 15) is 29.4 Å². The van der Waals surface area contributed by atoms with Gasteiger partial charge in [0.15, 0.2) is 0 Å². The van der Waals surface area contributed by atoms with Crippen molar-refractivity contribution in [2.45, 2.75) is 439 Å². The molecule has 0 fully saturated rings. The molecule has 2 N–H and O–H groups in total. The molecule has 2 amide bonds. The summed E-state index contributed by atoms with van der Waals surface area (Å²) in [6.45, 7) is 10.2. The first-order valence-corrected chi connectivity index (χ1v) is 37.2. The molecule has 0 radical (unpaired) electrons. The van der Waals surface area contributed by atoms with Crippen molar-refractivity contribution in [3.8, 4) is 0 Å². The van der Waals surface area contributed by atoms with E-state index in [-0.39, 0.29) is 44.1 Å². The molecule has 0 aromatic carbocycles. The first-order valence-electron chi connectivity index (χ1n) is 37.2. The van der Waals surface area contributed by atoms with Gasteiger partial charge in [-0.15, -0.1) is 0 Å². The average Bonchev–Trinajstić information content (AvgIpc) is 3.46. The minimum absolute atomic E-state index is 0. The van der Waals surface area contributed by atoms with Crippen LogP contribution in [0.4, 0.5) is 0 Å². The first kappa shape index (κ1) is 87.9. The van der Waals surface area contributed by atoms with Gasteiger partial charge in [-0.3, -0.25) is 9.59 Å². The smallest absolute Gasteiger partial charge is 0.550 e. The van der Waals surface area contributed by atoms with E-state index in [0.29, 0.717) is 25.9 Å². The van der Waals surface area contributed by atoms with E-state index in [1.807, 2.05) is 0 Å². The second-order valence-electron chi connectivity index (χ2n) is 25.2. The number of carboxylic acids is 2. The summed E-state index contributed by atoms with van der Waals surface area (Å²) in [7, 11) is 0. The molecule has 490 valence electrons. The molecule has 0 heterocycles. The Morgan fingerprint density at radius 3 is 0.458 bits per heavy atom. The maximum atomic E-state index is 12.0. The van der Waals surface area contributed by atoms with Crippen LogP contribution in [0.25, 0.3) is 0 Å². The molecule has 8 nitrogen and oxygen atoms in total. The number of hydrogen-bond donors (Lipinski definition) is 2. The van der Waals surface area contributed by atoms with Crippen molar-refractivity contribution in [3.05, 3.63) is 0 Å². The Kier molecular flexibility index (Phi) is 87.5. The Bertz CT molecular complexity index is 1140. The van der Waals surface area contributed by atoms with E-state index in [0.717, 1.165) is 51.4 Å². The number of amides is 2. The van der Waals surface area contributed by atoms with Gasteiger partial charge in [0.05, 0.1) is 0 Å². The standard InChI is InChI=1S/C38H76N2O2.2C18H36O2.Zn/c1-3-5-7-9-11-13-15-17-19-21-23-25-27-29-31-33-37(41)39-35-36-40-38(42)34-32-30-28-26-24-22-20-18-16-14-12-10-8-6-4-2;2*1-2-3-4-5-6-7-8-9-10-11-12-13-14-15-16-17-18(19)20;/h3-36H2,1-2H3,(H,39,41)(H,40,42);2*2-17H2,1H3,(H,19,20);/q;;;+2/p-2. The summed E-state index contributed by atoms with van der Waals surface area (Å²) in [4.78, 5) is 44.5. The van der Waals surface area contributed by atoms with Gasteiger partial charge >= 0.3 is 19.5 Å². The van der Waals surface area contributed by atoms with Gasteiger partial charge < -0.3 is 30.4 Å². The summed E-state index contributed by atoms with van der Waals surface area (Å²) < 4.78 is 0. The number of carbonyl (C=O) groups excluding carboxylic acids is 4. The van der Waals surface area contributed by atoms with E-state index in [2.05, 4.69) is 38.3 Å². The normalized spacial score (nSPS) is 10.9. The van der Waals surface area contributed by atoms with Crippen LogP contribution in [0.3, 0.4) is 0 Å². The third-order valence-corrected chi connectivity index (χ3v) is 16.8. The predicted molar refractivity (Wildman–Crippen MR) is 354 cm³/mol. The second-order valence-corrected chi connectivity index (χ2v) is 25.2. The Balaban J connectivity index is -0.000000633. The summed E-state index contributed by atoms with van der Waals surface area (Å²) in [6, 6.07) is 0. The molecule has 9 heteroatoms. The molecule has 0 bridgehead atoms. The van der Waals surface area contributed by atoms with E-state index < -0.39 is 11.9 Å². The van der Waals surface area contributed by atoms with Crippen LogP contribution < -0.4 is 20.8 Å². The molecule has 0 aromatic rings. The molecule has 0 aliphatic rings. The summed E-state index contributed by atoms with van der Waals surface area (Å²) >= 11 is 0. The van der Waals surface area contributed by atoms with Gasteiger partial charge in [0.1, 0.15) is 0 Å². The number of aliphatic carboxylic acids is 2. The van der Waals surface area contributed by atoms with Crippen molar-refractivity contribution in [2.75, 3.05) is 13.1 Å². The molecule has 0 unspecified atom stereocenters. The van der Waals surface area contributed by atoms with Crippen LogP contribution in [-0.2, 0) is 38.7 Å². The van der Waals surface area contributed by atoms with Crippen LogP contribution in [0.2, 0.25) is 0 Å². The van der Waals surface area contributed by atoms with Crippen LogP contribution in [0.1, 0.15) is 439 Å². The summed E-state index contributed by atoms with van der Waals surface area (Å²) in [6.07, 6.45) is 81.2. The van der Waals surface area contributed by atoms with Gasteiger partial charge in [-0.1, -0.05) is 387 Å². The fraction of sp³-hybridized carbons (Fsp3) is 0.946. The van der Waals surface area contributed by atoms with Crippen molar-refractivity contribution in [1.29, 1.82) is 0 Å². The van der Waals surface area contributed by atoms with Gasteiger partial charge in [-0.25, -0.2) is 0 Å². The number of nitrogens with one attached hydrogen (secondary N) is 2. The maximum Gasteiger partial charge on any atom is 2.00 e. The molecule has 0 aromatic heterocycles. The molecular formula is C74H146N2O6Zn. The monoisotopic (exact) mass is 1220 g/mol. The third-order valence-electron chi connectivity index (χ3n) is 16.8. The first-order chi connectivity index (χ1) is 40.2. The molecule has 0 aliphatic carbocycles. The average molecular weight is 1230 g/mol. The quantitative estimate of drug-likeness (QED) is 0.0459. The van der Waals surface area contributed by atoms with Crippen molar-refractivity contribution >= 4 is 23.8 Å². The van der Waals surface area contributed by atoms with E-state index in [4.69, 9.17) is 0 Å². The zero-order valence-electron chi connectivity index (χ0n) is 56.8. The van der Waals surface area contributed by atoms with Crippen molar-refractivity contribution < 1.29 is 48.9 Å². The van der Waals surface area contributed by atoms with Gasteiger partial charge in [-0.2, -0.15) is 0 Å². The van der Waals surface area contributed by atoms with Crippen LogP contribution >= 0.6 is 0 Å². The van der Waals surface area contributed by atoms with Crippen LogP contribution in [-0.4, -0.2) is 36.8 Å². The number of carboxylic acid groups (broad SMARTS) is 2. The SMILES string of the molecule is CCCCCCCCCCCCCCCCCC(=O)NCCNC(=O)CCCCCCCCCCCCCCCCC.CCCCCCCCCCCCCCCCCC(=O)[O-].CCCCCCCCCCCCCCCCCC(=O)[O-].[Zn+2]. The Labute approximate surface area is 532 Å². The maximum absolute atomic E-state index is 12.0. The number of carbonyl (C=O) groups is 4. The zero-order valence-corrected chi connectivity index (χ0v) is 59.8. The van der Waals surface area contributed by atoms with E-state index >= 15 is 0 Å². The molecule has 0 spiro atoms. The van der Waals surface area contributed by atoms with E-state index in [1.54, 1.807) is 0 Å². The Morgan fingerprint density at radius 2 is 0.325 bits per heavy atom. The second kappa shape index (κ2) is 82.6. The number of rotatable bonds is 67. The number of unbranched alkanes of at least 4 members (excludes halogenated alkanes) is 56. The summed E-state index contributed by atoms with van der Waals surface area (Å²) in [5.74, 6) is -1.55.